The lowest BCUT2D eigenvalue weighted by atomic mass is 10.0. The Labute approximate surface area is 125 Å². The molecule has 0 radical (unpaired) electrons. The highest BCUT2D eigenvalue weighted by Crippen LogP contribution is 2.22. The molecule has 0 saturated carbocycles. The lowest BCUT2D eigenvalue weighted by Crippen LogP contribution is -2.44. The van der Waals surface area contributed by atoms with E-state index in [0.29, 0.717) is 0 Å². The van der Waals surface area contributed by atoms with Gasteiger partial charge in [-0.1, -0.05) is 6.07 Å². The minimum atomic E-state index is -0.441. The summed E-state index contributed by atoms with van der Waals surface area (Å²) in [6.07, 6.45) is 0. The van der Waals surface area contributed by atoms with Crippen LogP contribution in [0.25, 0.3) is 0 Å². The molecule has 0 amide bonds. The normalized spacial score (nSPS) is 16.7. The minimum absolute atomic E-state index is 0. The van der Waals surface area contributed by atoms with E-state index >= 15 is 0 Å². The summed E-state index contributed by atoms with van der Waals surface area (Å²) in [5.74, 6) is -0.441. The Morgan fingerprint density at radius 1 is 1.32 bits per heavy atom. The van der Waals surface area contributed by atoms with Crippen molar-refractivity contribution in [2.24, 2.45) is 0 Å². The third-order valence-corrected chi connectivity index (χ3v) is 3.29. The van der Waals surface area contributed by atoms with Crippen molar-refractivity contribution in [1.29, 1.82) is 5.26 Å². The fraction of sp³-hybridized carbons (Fsp3) is 0.462. The van der Waals surface area contributed by atoms with Crippen LogP contribution in [0.4, 0.5) is 4.39 Å². The van der Waals surface area contributed by atoms with E-state index in [1.807, 2.05) is 6.07 Å². The first kappa shape index (κ1) is 18.1. The number of nitrogens with one attached hydrogen (secondary N) is 1. The molecule has 1 aromatic carbocycles. The molecule has 6 heteroatoms. The number of rotatable bonds is 2. The van der Waals surface area contributed by atoms with Gasteiger partial charge in [0.2, 0.25) is 0 Å². The first-order chi connectivity index (χ1) is 8.22. The Balaban J connectivity index is 0.00000162. The van der Waals surface area contributed by atoms with Gasteiger partial charge in [0.25, 0.3) is 0 Å². The van der Waals surface area contributed by atoms with Gasteiger partial charge in [-0.15, -0.1) is 24.8 Å². The van der Waals surface area contributed by atoms with Gasteiger partial charge in [0.05, 0.1) is 5.56 Å². The molecule has 0 unspecified atom stereocenters. The largest absolute Gasteiger partial charge is 0.314 e. The molecule has 2 rings (SSSR count). The van der Waals surface area contributed by atoms with E-state index in [2.05, 4.69) is 17.1 Å². The summed E-state index contributed by atoms with van der Waals surface area (Å²) in [6.45, 7) is 6.04. The second kappa shape index (κ2) is 8.34. The molecular formula is C13H18Cl2FN3. The third-order valence-electron chi connectivity index (χ3n) is 3.29. The molecule has 1 aliphatic rings. The van der Waals surface area contributed by atoms with Crippen molar-refractivity contribution >= 4 is 24.8 Å². The molecule has 106 valence electrons. The highest BCUT2D eigenvalue weighted by molar-refractivity contribution is 5.85. The van der Waals surface area contributed by atoms with Crippen molar-refractivity contribution in [3.63, 3.8) is 0 Å². The molecule has 1 heterocycles. The van der Waals surface area contributed by atoms with E-state index in [1.165, 1.54) is 6.07 Å². The van der Waals surface area contributed by atoms with Crippen molar-refractivity contribution in [1.82, 2.24) is 10.2 Å². The molecule has 1 aliphatic heterocycles. The van der Waals surface area contributed by atoms with Gasteiger partial charge in [-0.05, 0) is 24.6 Å². The predicted molar refractivity (Wildman–Crippen MR) is 78.5 cm³/mol. The third kappa shape index (κ3) is 4.32. The number of nitriles is 1. The summed E-state index contributed by atoms with van der Waals surface area (Å²) in [7, 11) is 0. The first-order valence-electron chi connectivity index (χ1n) is 5.86. The second-order valence-electron chi connectivity index (χ2n) is 4.31. The molecule has 1 saturated heterocycles. The average molecular weight is 306 g/mol. The quantitative estimate of drug-likeness (QED) is 0.912. The molecule has 3 nitrogen and oxygen atoms in total. The van der Waals surface area contributed by atoms with E-state index in [1.54, 1.807) is 12.1 Å². The Kier molecular flexibility index (Phi) is 7.96. The average Bonchev–Trinajstić information content (AvgIpc) is 2.39. The number of benzene rings is 1. The highest BCUT2D eigenvalue weighted by Gasteiger charge is 2.18. The first-order valence-corrected chi connectivity index (χ1v) is 5.86. The fourth-order valence-electron chi connectivity index (χ4n) is 2.17. The minimum Gasteiger partial charge on any atom is -0.314 e. The van der Waals surface area contributed by atoms with Crippen LogP contribution in [0.2, 0.25) is 0 Å². The van der Waals surface area contributed by atoms with E-state index in [4.69, 9.17) is 5.26 Å². The Morgan fingerprint density at radius 2 is 1.95 bits per heavy atom. The van der Waals surface area contributed by atoms with Crippen LogP contribution >= 0.6 is 24.8 Å². The zero-order valence-electron chi connectivity index (χ0n) is 10.7. The molecule has 1 atom stereocenters. The van der Waals surface area contributed by atoms with Crippen molar-refractivity contribution in [3.8, 4) is 6.07 Å². The van der Waals surface area contributed by atoms with Gasteiger partial charge in [-0.25, -0.2) is 4.39 Å². The van der Waals surface area contributed by atoms with Crippen LogP contribution < -0.4 is 5.32 Å². The molecular weight excluding hydrogens is 288 g/mol. The fourth-order valence-corrected chi connectivity index (χ4v) is 2.17. The standard InChI is InChI=1S/C13H16FN3.2ClH/c1-10(17-6-4-16-5-7-17)11-2-3-13(14)12(8-11)9-15;;/h2-3,8,10,16H,4-7H2,1H3;2*1H/t10-;;/m0../s1. The van der Waals surface area contributed by atoms with Gasteiger partial charge < -0.3 is 5.32 Å². The number of halogens is 3. The van der Waals surface area contributed by atoms with Crippen LogP contribution in [0.1, 0.15) is 24.1 Å². The van der Waals surface area contributed by atoms with Gasteiger partial charge in [-0.3, -0.25) is 4.90 Å². The zero-order chi connectivity index (χ0) is 12.3. The molecule has 0 aliphatic carbocycles. The summed E-state index contributed by atoms with van der Waals surface area (Å²) >= 11 is 0. The molecule has 0 spiro atoms. The second-order valence-corrected chi connectivity index (χ2v) is 4.31. The summed E-state index contributed by atoms with van der Waals surface area (Å²) in [5, 5.41) is 12.1. The maximum Gasteiger partial charge on any atom is 0.140 e. The maximum absolute atomic E-state index is 13.2. The van der Waals surface area contributed by atoms with E-state index in [-0.39, 0.29) is 36.4 Å². The van der Waals surface area contributed by atoms with Crippen LogP contribution in [0.5, 0.6) is 0 Å². The lowest BCUT2D eigenvalue weighted by molar-refractivity contribution is 0.185. The van der Waals surface area contributed by atoms with Crippen molar-refractivity contribution in [2.75, 3.05) is 26.2 Å². The van der Waals surface area contributed by atoms with Crippen LogP contribution in [-0.2, 0) is 0 Å². The van der Waals surface area contributed by atoms with Gasteiger partial charge in [0.1, 0.15) is 11.9 Å². The summed E-state index contributed by atoms with van der Waals surface area (Å²) < 4.78 is 13.2. The van der Waals surface area contributed by atoms with E-state index in [0.717, 1.165) is 31.7 Å². The maximum atomic E-state index is 13.2. The lowest BCUT2D eigenvalue weighted by Gasteiger charge is -2.33. The number of nitrogens with zero attached hydrogens (tertiary/aromatic N) is 2. The van der Waals surface area contributed by atoms with Gasteiger partial charge >= 0.3 is 0 Å². The number of piperazine rings is 1. The van der Waals surface area contributed by atoms with Gasteiger partial charge in [0, 0.05) is 32.2 Å². The van der Waals surface area contributed by atoms with Crippen LogP contribution in [0, 0.1) is 17.1 Å². The SMILES string of the molecule is C[C@@H](c1ccc(F)c(C#N)c1)N1CCNCC1.Cl.Cl. The smallest absolute Gasteiger partial charge is 0.140 e. The topological polar surface area (TPSA) is 39.1 Å². The zero-order valence-corrected chi connectivity index (χ0v) is 12.4. The van der Waals surface area contributed by atoms with Gasteiger partial charge in [0.15, 0.2) is 0 Å². The number of hydrogen-bond acceptors (Lipinski definition) is 3. The van der Waals surface area contributed by atoms with Crippen molar-refractivity contribution in [3.05, 3.63) is 35.1 Å². The number of hydrogen-bond donors (Lipinski definition) is 1. The molecule has 1 aromatic rings. The van der Waals surface area contributed by atoms with E-state index < -0.39 is 5.82 Å². The predicted octanol–water partition coefficient (Wildman–Crippen LogP) is 2.51. The summed E-state index contributed by atoms with van der Waals surface area (Å²) in [6, 6.07) is 6.92. The van der Waals surface area contributed by atoms with Gasteiger partial charge in [-0.2, -0.15) is 5.26 Å². The Bertz CT molecular complexity index is 442. The van der Waals surface area contributed by atoms with Crippen LogP contribution in [0.3, 0.4) is 0 Å². The summed E-state index contributed by atoms with van der Waals surface area (Å²) in [4.78, 5) is 2.34. The van der Waals surface area contributed by atoms with E-state index in [9.17, 15) is 4.39 Å². The highest BCUT2D eigenvalue weighted by atomic mass is 35.5. The Hall–Kier alpha value is -0.860. The molecule has 19 heavy (non-hydrogen) atoms. The monoisotopic (exact) mass is 305 g/mol. The Morgan fingerprint density at radius 3 is 2.53 bits per heavy atom. The summed E-state index contributed by atoms with van der Waals surface area (Å²) in [5.41, 5.74) is 1.13. The van der Waals surface area contributed by atoms with Crippen molar-refractivity contribution in [2.45, 2.75) is 13.0 Å². The van der Waals surface area contributed by atoms with Crippen LogP contribution in [-0.4, -0.2) is 31.1 Å². The molecule has 1 N–H and O–H groups in total. The van der Waals surface area contributed by atoms with Crippen LogP contribution in [0.15, 0.2) is 18.2 Å². The molecule has 1 fully saturated rings. The van der Waals surface area contributed by atoms with Crippen molar-refractivity contribution < 1.29 is 4.39 Å². The molecule has 0 bridgehead atoms. The molecule has 0 aromatic heterocycles.